The van der Waals surface area contributed by atoms with Gasteiger partial charge in [-0.05, 0) is 20.3 Å². The van der Waals surface area contributed by atoms with Crippen LogP contribution in [0.25, 0.3) is 0 Å². The monoisotopic (exact) mass is 303 g/mol. The van der Waals surface area contributed by atoms with E-state index in [4.69, 9.17) is 23.8 Å². The predicted octanol–water partition coefficient (Wildman–Crippen LogP) is 0.122. The normalized spacial score (nSPS) is 54.3. The molecule has 3 aliphatic rings. The van der Waals surface area contributed by atoms with Crippen LogP contribution in [0.15, 0.2) is 0 Å². The van der Waals surface area contributed by atoms with E-state index < -0.39 is 23.8 Å². The number of nitrogens with zero attached hydrogens (tertiary/aromatic N) is 1. The maximum atomic E-state index is 10.4. The molecule has 0 spiro atoms. The van der Waals surface area contributed by atoms with E-state index in [0.717, 1.165) is 0 Å². The maximum Gasteiger partial charge on any atom is 0.220 e. The van der Waals surface area contributed by atoms with E-state index in [0.29, 0.717) is 13.0 Å². The summed E-state index contributed by atoms with van der Waals surface area (Å²) < 4.78 is 23.4. The molecule has 7 heteroatoms. The first kappa shape index (κ1) is 15.6. The number of hydrogen-bond acceptors (Lipinski definition) is 7. The first-order chi connectivity index (χ1) is 9.85. The summed E-state index contributed by atoms with van der Waals surface area (Å²) in [6, 6.07) is 0.0364. The number of methoxy groups -OCH3 is 2. The fourth-order valence-electron chi connectivity index (χ4n) is 3.72. The second-order valence-corrected chi connectivity index (χ2v) is 6.36. The van der Waals surface area contributed by atoms with Crippen LogP contribution in [0, 0.1) is 5.92 Å². The molecule has 122 valence electrons. The van der Waals surface area contributed by atoms with E-state index in [2.05, 4.69) is 0 Å². The van der Waals surface area contributed by atoms with Crippen LogP contribution in [-0.2, 0) is 23.8 Å². The number of hydroxylamine groups is 2. The minimum atomic E-state index is -1.09. The van der Waals surface area contributed by atoms with E-state index in [1.807, 2.05) is 12.1 Å². The zero-order chi connectivity index (χ0) is 15.4. The average Bonchev–Trinajstić information content (AvgIpc) is 2.82. The molecule has 0 bridgehead atoms. The third kappa shape index (κ3) is 2.15. The van der Waals surface area contributed by atoms with Gasteiger partial charge in [0.05, 0.1) is 18.8 Å². The SMILES string of the molecule is CO[C@@]1(C)O[C@H]2[C@H](O[C@]1(C)OC)[C@@H](O)C[C@@H]1CON(C)[C@@H]12. The lowest BCUT2D eigenvalue weighted by Gasteiger charge is -2.56. The van der Waals surface area contributed by atoms with Crippen molar-refractivity contribution in [2.24, 2.45) is 5.92 Å². The van der Waals surface area contributed by atoms with E-state index in [1.165, 1.54) is 0 Å². The molecule has 0 aromatic rings. The molecule has 2 heterocycles. The third-order valence-electron chi connectivity index (χ3n) is 5.30. The van der Waals surface area contributed by atoms with Gasteiger partial charge in [-0.25, -0.2) is 0 Å². The van der Waals surface area contributed by atoms with Gasteiger partial charge in [0.15, 0.2) is 0 Å². The number of hydrogen-bond donors (Lipinski definition) is 1. The van der Waals surface area contributed by atoms with E-state index >= 15 is 0 Å². The molecule has 7 atom stereocenters. The van der Waals surface area contributed by atoms with Gasteiger partial charge < -0.3 is 24.1 Å². The van der Waals surface area contributed by atoms with Crippen molar-refractivity contribution in [2.45, 2.75) is 56.2 Å². The first-order valence-corrected chi connectivity index (χ1v) is 7.35. The quantitative estimate of drug-likeness (QED) is 0.777. The van der Waals surface area contributed by atoms with Gasteiger partial charge in [-0.15, -0.1) is 0 Å². The van der Waals surface area contributed by atoms with Gasteiger partial charge in [0.25, 0.3) is 0 Å². The van der Waals surface area contributed by atoms with Crippen molar-refractivity contribution in [3.63, 3.8) is 0 Å². The molecule has 2 saturated heterocycles. The summed E-state index contributed by atoms with van der Waals surface area (Å²) in [7, 11) is 4.99. The number of ether oxygens (including phenoxy) is 4. The lowest BCUT2D eigenvalue weighted by Crippen LogP contribution is -2.72. The number of aliphatic hydroxyl groups excluding tert-OH is 1. The molecule has 0 aromatic heterocycles. The Bertz CT molecular complexity index is 409. The smallest absolute Gasteiger partial charge is 0.220 e. The van der Waals surface area contributed by atoms with Crippen LogP contribution < -0.4 is 0 Å². The zero-order valence-corrected chi connectivity index (χ0v) is 13.2. The molecular weight excluding hydrogens is 278 g/mol. The largest absolute Gasteiger partial charge is 0.390 e. The summed E-state index contributed by atoms with van der Waals surface area (Å²) in [4.78, 5) is 5.59. The highest BCUT2D eigenvalue weighted by Gasteiger charge is 2.63. The van der Waals surface area contributed by atoms with Crippen molar-refractivity contribution in [3.05, 3.63) is 0 Å². The van der Waals surface area contributed by atoms with Crippen LogP contribution >= 0.6 is 0 Å². The van der Waals surface area contributed by atoms with Crippen molar-refractivity contribution < 1.29 is 28.9 Å². The zero-order valence-electron chi connectivity index (χ0n) is 13.2. The molecule has 7 nitrogen and oxygen atoms in total. The van der Waals surface area contributed by atoms with Gasteiger partial charge in [-0.1, -0.05) is 0 Å². The van der Waals surface area contributed by atoms with E-state index in [1.54, 1.807) is 28.1 Å². The predicted molar refractivity (Wildman–Crippen MR) is 72.2 cm³/mol. The molecule has 0 aromatic carbocycles. The van der Waals surface area contributed by atoms with Crippen molar-refractivity contribution in [3.8, 4) is 0 Å². The first-order valence-electron chi connectivity index (χ1n) is 7.35. The van der Waals surface area contributed by atoms with Crippen LogP contribution in [0.1, 0.15) is 20.3 Å². The van der Waals surface area contributed by atoms with Gasteiger partial charge >= 0.3 is 0 Å². The van der Waals surface area contributed by atoms with Crippen LogP contribution in [0.2, 0.25) is 0 Å². The van der Waals surface area contributed by atoms with Gasteiger partial charge in [0, 0.05) is 27.2 Å². The minimum Gasteiger partial charge on any atom is -0.390 e. The number of likely N-dealkylation sites (N-methyl/N-ethyl adjacent to an activating group) is 1. The summed E-state index contributed by atoms with van der Waals surface area (Å²) >= 11 is 0. The molecular formula is C14H25NO6. The molecule has 21 heavy (non-hydrogen) atoms. The van der Waals surface area contributed by atoms with Crippen LogP contribution in [-0.4, -0.2) is 74.0 Å². The fraction of sp³-hybridized carbons (Fsp3) is 1.00. The Morgan fingerprint density at radius 2 is 1.67 bits per heavy atom. The highest BCUT2D eigenvalue weighted by atomic mass is 16.8. The van der Waals surface area contributed by atoms with E-state index in [9.17, 15) is 5.11 Å². The number of fused-ring (bicyclic) bond motifs is 3. The summed E-state index contributed by atoms with van der Waals surface area (Å²) in [5.41, 5.74) is 0. The molecule has 1 N–H and O–H groups in total. The van der Waals surface area contributed by atoms with Gasteiger partial charge in [-0.2, -0.15) is 5.06 Å². The lowest BCUT2D eigenvalue weighted by molar-refractivity contribution is -0.463. The maximum absolute atomic E-state index is 10.4. The minimum absolute atomic E-state index is 0.0364. The van der Waals surface area contributed by atoms with Gasteiger partial charge in [-0.3, -0.25) is 4.84 Å². The summed E-state index contributed by atoms with van der Waals surface area (Å²) in [5.74, 6) is -1.93. The number of aliphatic hydroxyl groups is 1. The fourth-order valence-corrected chi connectivity index (χ4v) is 3.72. The topological polar surface area (TPSA) is 69.6 Å². The van der Waals surface area contributed by atoms with Crippen molar-refractivity contribution in [1.82, 2.24) is 5.06 Å². The highest BCUT2D eigenvalue weighted by Crippen LogP contribution is 2.46. The Hall–Kier alpha value is -0.280. The molecule has 0 amide bonds. The Morgan fingerprint density at radius 3 is 2.24 bits per heavy atom. The summed E-state index contributed by atoms with van der Waals surface area (Å²) in [6.45, 7) is 4.15. The average molecular weight is 303 g/mol. The van der Waals surface area contributed by atoms with Crippen molar-refractivity contribution >= 4 is 0 Å². The Kier molecular flexibility index (Phi) is 3.81. The molecule has 3 fully saturated rings. The molecule has 1 saturated carbocycles. The van der Waals surface area contributed by atoms with Crippen molar-refractivity contribution in [1.29, 1.82) is 0 Å². The van der Waals surface area contributed by atoms with Crippen LogP contribution in [0.3, 0.4) is 0 Å². The van der Waals surface area contributed by atoms with Crippen LogP contribution in [0.4, 0.5) is 0 Å². The van der Waals surface area contributed by atoms with Crippen LogP contribution in [0.5, 0.6) is 0 Å². The van der Waals surface area contributed by atoms with Gasteiger partial charge in [0.1, 0.15) is 12.2 Å². The summed E-state index contributed by atoms with van der Waals surface area (Å²) in [5, 5.41) is 12.2. The Balaban J connectivity index is 1.93. The third-order valence-corrected chi connectivity index (χ3v) is 5.30. The second kappa shape index (κ2) is 5.13. The molecule has 0 radical (unpaired) electrons. The van der Waals surface area contributed by atoms with Crippen molar-refractivity contribution in [2.75, 3.05) is 27.9 Å². The van der Waals surface area contributed by atoms with E-state index in [-0.39, 0.29) is 18.1 Å². The van der Waals surface area contributed by atoms with Gasteiger partial charge in [0.2, 0.25) is 11.6 Å². The Morgan fingerprint density at radius 1 is 1.10 bits per heavy atom. The summed E-state index contributed by atoms with van der Waals surface area (Å²) in [6.07, 6.45) is -0.784. The standard InChI is InChI=1S/C14H25NO6/c1-13(17-4)14(2,18-5)21-12-10-8(7-19-15(10)3)6-9(16)11(12)20-13/h8-12,16H,6-7H2,1-5H3/t8-,9+,10+,11-,12-,13+,14+/m1/s1. The second-order valence-electron chi connectivity index (χ2n) is 6.36. The number of rotatable bonds is 2. The molecule has 2 aliphatic heterocycles. The Labute approximate surface area is 125 Å². The molecule has 0 unspecified atom stereocenters. The lowest BCUT2D eigenvalue weighted by atomic mass is 9.78. The molecule has 3 rings (SSSR count). The molecule has 1 aliphatic carbocycles. The highest BCUT2D eigenvalue weighted by molar-refractivity contribution is 5.04.